The van der Waals surface area contributed by atoms with Crippen molar-refractivity contribution < 1.29 is 19.4 Å². The summed E-state index contributed by atoms with van der Waals surface area (Å²) < 4.78 is 5.40. The molecule has 2 rings (SSSR count). The minimum Gasteiger partial charge on any atom is -0.496 e. The molecular weight excluding hydrogens is 330 g/mol. The Kier molecular flexibility index (Phi) is 6.10. The molecule has 6 heteroatoms. The van der Waals surface area contributed by atoms with Gasteiger partial charge in [0.25, 0.3) is 0 Å². The SMILES string of the molecule is COc1ccc(Cl)cc1C(CC(C)C)NC(=O)C1CCC1C(=O)O. The molecule has 2 N–H and O–H groups in total. The molecule has 0 heterocycles. The number of rotatable bonds is 7. The minimum absolute atomic E-state index is 0.207. The first-order chi connectivity index (χ1) is 11.3. The molecule has 1 saturated carbocycles. The van der Waals surface area contributed by atoms with Crippen LogP contribution in [0.4, 0.5) is 0 Å². The zero-order valence-corrected chi connectivity index (χ0v) is 15.0. The zero-order chi connectivity index (χ0) is 17.9. The second-order valence-corrected chi connectivity index (χ2v) is 7.14. The second-order valence-electron chi connectivity index (χ2n) is 6.71. The number of carboxylic acids is 1. The third kappa shape index (κ3) is 4.20. The summed E-state index contributed by atoms with van der Waals surface area (Å²) in [5.74, 6) is -1.14. The van der Waals surface area contributed by atoms with E-state index in [0.29, 0.717) is 36.0 Å². The van der Waals surface area contributed by atoms with Gasteiger partial charge in [-0.15, -0.1) is 0 Å². The molecule has 1 aliphatic carbocycles. The lowest BCUT2D eigenvalue weighted by Gasteiger charge is -2.34. The molecular formula is C18H24ClNO4. The number of carboxylic acid groups (broad SMARTS) is 1. The maximum atomic E-state index is 12.5. The monoisotopic (exact) mass is 353 g/mol. The van der Waals surface area contributed by atoms with Crippen molar-refractivity contribution in [2.75, 3.05) is 7.11 Å². The summed E-state index contributed by atoms with van der Waals surface area (Å²) in [6, 6.07) is 5.05. The van der Waals surface area contributed by atoms with Gasteiger partial charge in [0.2, 0.25) is 5.91 Å². The van der Waals surface area contributed by atoms with Gasteiger partial charge in [-0.05, 0) is 43.4 Å². The second kappa shape index (κ2) is 7.88. The van der Waals surface area contributed by atoms with Crippen LogP contribution in [0, 0.1) is 17.8 Å². The average molecular weight is 354 g/mol. The lowest BCUT2D eigenvalue weighted by Crippen LogP contribution is -2.45. The highest BCUT2D eigenvalue weighted by molar-refractivity contribution is 6.30. The minimum atomic E-state index is -0.901. The van der Waals surface area contributed by atoms with Crippen molar-refractivity contribution >= 4 is 23.5 Å². The first-order valence-electron chi connectivity index (χ1n) is 8.20. The molecule has 3 unspecified atom stereocenters. The Morgan fingerprint density at radius 2 is 2.00 bits per heavy atom. The number of ether oxygens (including phenoxy) is 1. The van der Waals surface area contributed by atoms with E-state index in [2.05, 4.69) is 19.2 Å². The van der Waals surface area contributed by atoms with Gasteiger partial charge >= 0.3 is 5.97 Å². The van der Waals surface area contributed by atoms with Crippen molar-refractivity contribution in [2.45, 2.75) is 39.2 Å². The van der Waals surface area contributed by atoms with Crippen molar-refractivity contribution in [2.24, 2.45) is 17.8 Å². The summed E-state index contributed by atoms with van der Waals surface area (Å²) in [6.07, 6.45) is 1.89. The van der Waals surface area contributed by atoms with E-state index >= 15 is 0 Å². The Morgan fingerprint density at radius 1 is 1.33 bits per heavy atom. The van der Waals surface area contributed by atoms with Crippen LogP contribution >= 0.6 is 11.6 Å². The number of amides is 1. The van der Waals surface area contributed by atoms with Gasteiger partial charge in [0.1, 0.15) is 5.75 Å². The van der Waals surface area contributed by atoms with Crippen molar-refractivity contribution in [3.63, 3.8) is 0 Å². The average Bonchev–Trinajstić information content (AvgIpc) is 2.44. The molecule has 0 aromatic heterocycles. The standard InChI is InChI=1S/C18H24ClNO4/c1-10(2)8-15(14-9-11(19)4-7-16(14)24-3)20-17(21)12-5-6-13(12)18(22)23/h4,7,9-10,12-13,15H,5-6,8H2,1-3H3,(H,20,21)(H,22,23). The summed E-state index contributed by atoms with van der Waals surface area (Å²) in [6.45, 7) is 4.14. The number of benzene rings is 1. The summed E-state index contributed by atoms with van der Waals surface area (Å²) in [5.41, 5.74) is 0.818. The Bertz CT molecular complexity index is 617. The normalized spacial score (nSPS) is 21.0. The molecule has 1 aliphatic rings. The first kappa shape index (κ1) is 18.6. The van der Waals surface area contributed by atoms with Gasteiger partial charge in [0.05, 0.1) is 25.0 Å². The summed E-state index contributed by atoms with van der Waals surface area (Å²) >= 11 is 6.11. The van der Waals surface area contributed by atoms with Crippen LogP contribution in [0.15, 0.2) is 18.2 Å². The summed E-state index contributed by atoms with van der Waals surface area (Å²) in [5, 5.41) is 12.7. The van der Waals surface area contributed by atoms with E-state index in [-0.39, 0.29) is 11.9 Å². The molecule has 0 radical (unpaired) electrons. The molecule has 24 heavy (non-hydrogen) atoms. The third-order valence-electron chi connectivity index (χ3n) is 4.52. The van der Waals surface area contributed by atoms with Crippen LogP contribution < -0.4 is 10.1 Å². The molecule has 1 aromatic rings. The van der Waals surface area contributed by atoms with Gasteiger partial charge in [0.15, 0.2) is 0 Å². The number of carbonyl (C=O) groups excluding carboxylic acids is 1. The largest absolute Gasteiger partial charge is 0.496 e. The van der Waals surface area contributed by atoms with Gasteiger partial charge in [-0.25, -0.2) is 0 Å². The number of carbonyl (C=O) groups is 2. The van der Waals surface area contributed by atoms with Crippen LogP contribution in [-0.4, -0.2) is 24.1 Å². The lowest BCUT2D eigenvalue weighted by molar-refractivity contribution is -0.153. The van der Waals surface area contributed by atoms with Gasteiger partial charge < -0.3 is 15.2 Å². The van der Waals surface area contributed by atoms with Gasteiger partial charge in [0, 0.05) is 10.6 Å². The van der Waals surface area contributed by atoms with Crippen molar-refractivity contribution in [1.82, 2.24) is 5.32 Å². The fraction of sp³-hybridized carbons (Fsp3) is 0.556. The number of hydrogen-bond donors (Lipinski definition) is 2. The van der Waals surface area contributed by atoms with E-state index in [4.69, 9.17) is 21.4 Å². The topological polar surface area (TPSA) is 75.6 Å². The van der Waals surface area contributed by atoms with Crippen molar-refractivity contribution in [1.29, 1.82) is 0 Å². The van der Waals surface area contributed by atoms with E-state index in [1.807, 2.05) is 0 Å². The number of nitrogens with one attached hydrogen (secondary N) is 1. The van der Waals surface area contributed by atoms with E-state index in [1.165, 1.54) is 0 Å². The highest BCUT2D eigenvalue weighted by atomic mass is 35.5. The predicted octanol–water partition coefficient (Wildman–Crippen LogP) is 3.66. The smallest absolute Gasteiger partial charge is 0.307 e. The molecule has 0 spiro atoms. The van der Waals surface area contributed by atoms with Gasteiger partial charge in [-0.1, -0.05) is 25.4 Å². The maximum absolute atomic E-state index is 12.5. The van der Waals surface area contributed by atoms with E-state index in [1.54, 1.807) is 25.3 Å². The molecule has 132 valence electrons. The molecule has 1 aromatic carbocycles. The maximum Gasteiger partial charge on any atom is 0.307 e. The Morgan fingerprint density at radius 3 is 2.50 bits per heavy atom. The highest BCUT2D eigenvalue weighted by Gasteiger charge is 2.42. The van der Waals surface area contributed by atoms with E-state index in [0.717, 1.165) is 5.56 Å². The van der Waals surface area contributed by atoms with Crippen LogP contribution in [0.25, 0.3) is 0 Å². The number of hydrogen-bond acceptors (Lipinski definition) is 3. The van der Waals surface area contributed by atoms with Crippen molar-refractivity contribution in [3.8, 4) is 5.75 Å². The summed E-state index contributed by atoms with van der Waals surface area (Å²) in [4.78, 5) is 23.7. The lowest BCUT2D eigenvalue weighted by atomic mass is 9.73. The van der Waals surface area contributed by atoms with E-state index < -0.39 is 17.8 Å². The number of halogens is 1. The molecule has 1 amide bonds. The quantitative estimate of drug-likeness (QED) is 0.784. The number of methoxy groups -OCH3 is 1. The first-order valence-corrected chi connectivity index (χ1v) is 8.57. The van der Waals surface area contributed by atoms with Crippen LogP contribution in [-0.2, 0) is 9.59 Å². The van der Waals surface area contributed by atoms with Crippen LogP contribution in [0.5, 0.6) is 5.75 Å². The molecule has 3 atom stereocenters. The Hall–Kier alpha value is -1.75. The zero-order valence-electron chi connectivity index (χ0n) is 14.2. The Balaban J connectivity index is 2.21. The molecule has 0 saturated heterocycles. The van der Waals surface area contributed by atoms with Crippen molar-refractivity contribution in [3.05, 3.63) is 28.8 Å². The van der Waals surface area contributed by atoms with Gasteiger partial charge in [-0.2, -0.15) is 0 Å². The fourth-order valence-electron chi connectivity index (χ4n) is 3.10. The predicted molar refractivity (Wildman–Crippen MR) is 92.2 cm³/mol. The molecule has 5 nitrogen and oxygen atoms in total. The van der Waals surface area contributed by atoms with Crippen LogP contribution in [0.2, 0.25) is 5.02 Å². The van der Waals surface area contributed by atoms with Gasteiger partial charge in [-0.3, -0.25) is 9.59 Å². The van der Waals surface area contributed by atoms with E-state index in [9.17, 15) is 9.59 Å². The number of aliphatic carboxylic acids is 1. The fourth-order valence-corrected chi connectivity index (χ4v) is 3.28. The van der Waals surface area contributed by atoms with Crippen LogP contribution in [0.1, 0.15) is 44.7 Å². The Labute approximate surface area is 147 Å². The third-order valence-corrected chi connectivity index (χ3v) is 4.75. The summed E-state index contributed by atoms with van der Waals surface area (Å²) in [7, 11) is 1.58. The molecule has 1 fully saturated rings. The molecule has 0 aliphatic heterocycles. The highest BCUT2D eigenvalue weighted by Crippen LogP contribution is 2.37. The van der Waals surface area contributed by atoms with Crippen LogP contribution in [0.3, 0.4) is 0 Å². The molecule has 0 bridgehead atoms.